The molecule has 0 amide bonds. The van der Waals surface area contributed by atoms with E-state index in [1.165, 1.54) is 14.2 Å². The molecule has 0 aliphatic heterocycles. The lowest BCUT2D eigenvalue weighted by Crippen LogP contribution is -2.23. The fourth-order valence-corrected chi connectivity index (χ4v) is 3.78. The van der Waals surface area contributed by atoms with Crippen molar-refractivity contribution >= 4 is 13.3 Å². The van der Waals surface area contributed by atoms with Crippen molar-refractivity contribution in [2.75, 3.05) is 33.2 Å². The van der Waals surface area contributed by atoms with Crippen LogP contribution in [0.5, 0.6) is 0 Å². The Morgan fingerprint density at radius 2 is 1.79 bits per heavy atom. The monoisotopic (exact) mass is 349 g/mol. The third-order valence-electron chi connectivity index (χ3n) is 3.75. The summed E-state index contributed by atoms with van der Waals surface area (Å²) in [5.74, 6) is -0.578. The van der Waals surface area contributed by atoms with E-state index in [1.807, 2.05) is 61.5 Å². The summed E-state index contributed by atoms with van der Waals surface area (Å²) in [6.45, 7) is 0.456. The molecule has 0 aliphatic rings. The van der Waals surface area contributed by atoms with E-state index in [0.717, 1.165) is 16.9 Å². The molecule has 1 aromatic heterocycles. The fraction of sp³-hybridized carbons (Fsp3) is 0.353. The van der Waals surface area contributed by atoms with Crippen LogP contribution in [0.1, 0.15) is 17.0 Å². The number of pyridine rings is 1. The van der Waals surface area contributed by atoms with Gasteiger partial charge in [-0.1, -0.05) is 18.2 Å². The lowest BCUT2D eigenvalue weighted by molar-refractivity contribution is 0.259. The first-order valence-electron chi connectivity index (χ1n) is 7.62. The van der Waals surface area contributed by atoms with Crippen LogP contribution in [0.3, 0.4) is 0 Å². The average molecular weight is 349 g/mol. The second-order valence-corrected chi connectivity index (χ2v) is 7.82. The molecule has 0 spiro atoms. The molecule has 1 heterocycles. The standard InChI is InChI=1S/C17H24N3O3P/c1-20(2)16-10-8-14(9-11-16)17(24(21,22-3)23-4)19-13-15-7-5-6-12-18-15/h5-12,17,19H,13H2,1-4H3. The predicted molar refractivity (Wildman–Crippen MR) is 96.2 cm³/mol. The lowest BCUT2D eigenvalue weighted by Gasteiger charge is -2.26. The third kappa shape index (κ3) is 4.42. The van der Waals surface area contributed by atoms with Gasteiger partial charge in [-0.2, -0.15) is 0 Å². The van der Waals surface area contributed by atoms with Crippen molar-refractivity contribution in [3.05, 3.63) is 59.9 Å². The first-order valence-corrected chi connectivity index (χ1v) is 9.23. The van der Waals surface area contributed by atoms with Gasteiger partial charge in [-0.25, -0.2) is 0 Å². The van der Waals surface area contributed by atoms with Crippen LogP contribution in [-0.2, 0) is 20.2 Å². The van der Waals surface area contributed by atoms with E-state index in [4.69, 9.17) is 9.05 Å². The molecule has 0 fully saturated rings. The first-order chi connectivity index (χ1) is 11.5. The second-order valence-electron chi connectivity index (χ2n) is 5.50. The van der Waals surface area contributed by atoms with Gasteiger partial charge in [-0.3, -0.25) is 14.9 Å². The number of hydrogen-bond acceptors (Lipinski definition) is 6. The molecule has 0 aliphatic carbocycles. The minimum Gasteiger partial charge on any atom is -0.378 e. The summed E-state index contributed by atoms with van der Waals surface area (Å²) in [4.78, 5) is 6.28. The Hall–Kier alpha value is -1.72. The van der Waals surface area contributed by atoms with E-state index in [9.17, 15) is 4.57 Å². The molecule has 1 unspecified atom stereocenters. The van der Waals surface area contributed by atoms with E-state index < -0.39 is 13.4 Å². The van der Waals surface area contributed by atoms with E-state index >= 15 is 0 Å². The molecule has 130 valence electrons. The van der Waals surface area contributed by atoms with Crippen LogP contribution in [0.25, 0.3) is 0 Å². The highest BCUT2D eigenvalue weighted by molar-refractivity contribution is 7.54. The molecule has 1 aromatic carbocycles. The summed E-state index contributed by atoms with van der Waals surface area (Å²) in [5.41, 5.74) is 2.75. The molecule has 0 saturated heterocycles. The maximum Gasteiger partial charge on any atom is 0.351 e. The van der Waals surface area contributed by atoms with Crippen LogP contribution in [0.2, 0.25) is 0 Å². The van der Waals surface area contributed by atoms with Crippen LogP contribution in [0, 0.1) is 0 Å². The Kier molecular flexibility index (Phi) is 6.52. The molecule has 0 saturated carbocycles. The van der Waals surface area contributed by atoms with Crippen molar-refractivity contribution in [3.63, 3.8) is 0 Å². The van der Waals surface area contributed by atoms with E-state index in [2.05, 4.69) is 10.3 Å². The van der Waals surface area contributed by atoms with Crippen LogP contribution in [0.15, 0.2) is 48.7 Å². The molecule has 24 heavy (non-hydrogen) atoms. The Labute approximate surface area is 143 Å². The molecule has 2 rings (SSSR count). The zero-order valence-corrected chi connectivity index (χ0v) is 15.4. The van der Waals surface area contributed by atoms with Crippen molar-refractivity contribution in [3.8, 4) is 0 Å². The molecule has 0 radical (unpaired) electrons. The smallest absolute Gasteiger partial charge is 0.351 e. The summed E-state index contributed by atoms with van der Waals surface area (Å²) in [6, 6.07) is 13.5. The highest BCUT2D eigenvalue weighted by atomic mass is 31.2. The minimum absolute atomic E-state index is 0.456. The molecule has 2 aromatic rings. The zero-order valence-electron chi connectivity index (χ0n) is 14.5. The molecular weight excluding hydrogens is 325 g/mol. The quantitative estimate of drug-likeness (QED) is 0.737. The Morgan fingerprint density at radius 3 is 2.29 bits per heavy atom. The molecular formula is C17H24N3O3P. The summed E-state index contributed by atoms with van der Waals surface area (Å²) in [7, 11) is 3.40. The van der Waals surface area contributed by atoms with Gasteiger partial charge in [0, 0.05) is 46.7 Å². The van der Waals surface area contributed by atoms with E-state index in [1.54, 1.807) is 6.20 Å². The topological polar surface area (TPSA) is 63.7 Å². The van der Waals surface area contributed by atoms with Gasteiger partial charge in [-0.05, 0) is 29.8 Å². The summed E-state index contributed by atoms with van der Waals surface area (Å²) in [5, 5.41) is 3.25. The predicted octanol–water partition coefficient (Wildman–Crippen LogP) is 3.42. The Morgan fingerprint density at radius 1 is 1.12 bits per heavy atom. The van der Waals surface area contributed by atoms with Crippen molar-refractivity contribution in [2.45, 2.75) is 12.3 Å². The summed E-state index contributed by atoms with van der Waals surface area (Å²) >= 11 is 0. The van der Waals surface area contributed by atoms with Crippen molar-refractivity contribution in [1.29, 1.82) is 0 Å². The van der Waals surface area contributed by atoms with Gasteiger partial charge in [0.25, 0.3) is 0 Å². The maximum absolute atomic E-state index is 13.0. The Balaban J connectivity index is 2.27. The van der Waals surface area contributed by atoms with Gasteiger partial charge in [0.15, 0.2) is 0 Å². The van der Waals surface area contributed by atoms with Gasteiger partial charge < -0.3 is 13.9 Å². The second kappa shape index (κ2) is 8.40. The first kappa shape index (κ1) is 18.6. The van der Waals surface area contributed by atoms with E-state index in [0.29, 0.717) is 6.54 Å². The SMILES string of the molecule is COP(=O)(OC)C(NCc1ccccn1)c1ccc(N(C)C)cc1. The van der Waals surface area contributed by atoms with Gasteiger partial charge in [0.05, 0.1) is 5.69 Å². The normalized spacial score (nSPS) is 12.8. The zero-order chi connectivity index (χ0) is 17.6. The van der Waals surface area contributed by atoms with Crippen LogP contribution in [-0.4, -0.2) is 33.3 Å². The lowest BCUT2D eigenvalue weighted by atomic mass is 10.2. The Bertz CT molecular complexity index is 669. The third-order valence-corrected chi connectivity index (χ3v) is 5.88. The van der Waals surface area contributed by atoms with Crippen LogP contribution >= 0.6 is 7.60 Å². The van der Waals surface area contributed by atoms with Gasteiger partial charge >= 0.3 is 7.60 Å². The van der Waals surface area contributed by atoms with Gasteiger partial charge in [-0.15, -0.1) is 0 Å². The van der Waals surface area contributed by atoms with Gasteiger partial charge in [0.2, 0.25) is 0 Å². The number of nitrogens with zero attached hydrogens (tertiary/aromatic N) is 2. The number of rotatable bonds is 8. The van der Waals surface area contributed by atoms with E-state index in [-0.39, 0.29) is 0 Å². The highest BCUT2D eigenvalue weighted by Crippen LogP contribution is 2.58. The summed E-state index contributed by atoms with van der Waals surface area (Å²) in [6.07, 6.45) is 1.73. The van der Waals surface area contributed by atoms with Crippen molar-refractivity contribution < 1.29 is 13.6 Å². The van der Waals surface area contributed by atoms with Crippen LogP contribution in [0.4, 0.5) is 5.69 Å². The number of nitrogens with one attached hydrogen (secondary N) is 1. The largest absolute Gasteiger partial charge is 0.378 e. The average Bonchev–Trinajstić information content (AvgIpc) is 2.62. The molecule has 1 atom stereocenters. The number of anilines is 1. The highest BCUT2D eigenvalue weighted by Gasteiger charge is 2.35. The number of hydrogen-bond donors (Lipinski definition) is 1. The summed E-state index contributed by atoms with van der Waals surface area (Å²) < 4.78 is 23.4. The van der Waals surface area contributed by atoms with Gasteiger partial charge in [0.1, 0.15) is 5.78 Å². The minimum atomic E-state index is -3.34. The number of benzene rings is 1. The molecule has 7 heteroatoms. The maximum atomic E-state index is 13.0. The van der Waals surface area contributed by atoms with Crippen molar-refractivity contribution in [2.24, 2.45) is 0 Å². The molecule has 6 nitrogen and oxygen atoms in total. The van der Waals surface area contributed by atoms with Crippen molar-refractivity contribution in [1.82, 2.24) is 10.3 Å². The fourth-order valence-electron chi connectivity index (χ4n) is 2.36. The molecule has 0 bridgehead atoms. The van der Waals surface area contributed by atoms with Crippen LogP contribution < -0.4 is 10.2 Å². The molecule has 1 N–H and O–H groups in total. The number of aromatic nitrogens is 1.